The predicted octanol–water partition coefficient (Wildman–Crippen LogP) is 0.945. The molecule has 0 amide bonds. The van der Waals surface area contributed by atoms with E-state index in [2.05, 4.69) is 0 Å². The number of hydrogen-bond acceptors (Lipinski definition) is 2. The highest BCUT2D eigenvalue weighted by atomic mass is 19.4. The van der Waals surface area contributed by atoms with Gasteiger partial charge in [0, 0.05) is 0 Å². The normalized spacial score (nSPS) is 13.4. The van der Waals surface area contributed by atoms with Crippen LogP contribution in [0.25, 0.3) is 0 Å². The van der Waals surface area contributed by atoms with E-state index in [1.807, 2.05) is 0 Å². The number of carboxylic acids is 1. The van der Waals surface area contributed by atoms with E-state index >= 15 is 0 Å². The molecule has 10 heteroatoms. The first-order valence-electron chi connectivity index (χ1n) is 2.48. The summed E-state index contributed by atoms with van der Waals surface area (Å²) in [7, 11) is 0. The molecule has 0 heterocycles. The van der Waals surface area contributed by atoms with Crippen molar-refractivity contribution in [2.75, 3.05) is 0 Å². The molecule has 3 nitrogen and oxygen atoms in total. The van der Waals surface area contributed by atoms with Crippen LogP contribution < -0.4 is 11.3 Å². The van der Waals surface area contributed by atoms with Crippen LogP contribution in [0.2, 0.25) is 0 Å². The zero-order valence-corrected chi connectivity index (χ0v) is 6.46. The Kier molecular flexibility index (Phi) is 3.96. The van der Waals surface area contributed by atoms with Crippen LogP contribution in [0.15, 0.2) is 0 Å². The molecule has 0 saturated carbocycles. The fraction of sp³-hybridized carbons (Fsp3) is 0.750. The van der Waals surface area contributed by atoms with Gasteiger partial charge in [-0.1, -0.05) is 0 Å². The summed E-state index contributed by atoms with van der Waals surface area (Å²) in [6.45, 7) is 0. The molecule has 0 aromatic carbocycles. The standard InChI is InChI=1S/C4HF7O2.H3N/c5-2(1(12)13,3(6,7)8)4(9,10)11;/h(H,12,13);1H3. The van der Waals surface area contributed by atoms with E-state index in [0.29, 0.717) is 0 Å². The van der Waals surface area contributed by atoms with Crippen molar-refractivity contribution >= 4 is 5.97 Å². The summed E-state index contributed by atoms with van der Waals surface area (Å²) < 4.78 is 80.0. The SMILES string of the molecule is O=C([O-])C(F)(C(F)(F)F)C(F)(F)F.[NH4+]. The molecule has 0 aromatic rings. The largest absolute Gasteiger partial charge is 0.546 e. The Balaban J connectivity index is 0. The van der Waals surface area contributed by atoms with Crippen molar-refractivity contribution in [3.8, 4) is 0 Å². The van der Waals surface area contributed by atoms with E-state index in [0.717, 1.165) is 0 Å². The maximum Gasteiger partial charge on any atom is 0.437 e. The highest BCUT2D eigenvalue weighted by Crippen LogP contribution is 2.45. The summed E-state index contributed by atoms with van der Waals surface area (Å²) in [5.41, 5.74) is -6.32. The molecule has 0 radical (unpaired) electrons. The number of alkyl halides is 7. The molecule has 0 saturated heterocycles. The molecular weight excluding hydrogens is 227 g/mol. The number of rotatable bonds is 1. The minimum atomic E-state index is -6.59. The Morgan fingerprint density at radius 1 is 0.857 bits per heavy atom. The molecule has 0 rings (SSSR count). The second-order valence-corrected chi connectivity index (χ2v) is 1.94. The Morgan fingerprint density at radius 3 is 1.07 bits per heavy atom. The van der Waals surface area contributed by atoms with Crippen molar-refractivity contribution in [2.24, 2.45) is 0 Å². The van der Waals surface area contributed by atoms with Gasteiger partial charge in [-0.15, -0.1) is 0 Å². The van der Waals surface area contributed by atoms with Crippen LogP contribution in [0.4, 0.5) is 30.7 Å². The fourth-order valence-electron chi connectivity index (χ4n) is 0.392. The summed E-state index contributed by atoms with van der Waals surface area (Å²) in [4.78, 5) is 9.39. The summed E-state index contributed by atoms with van der Waals surface area (Å²) in [6.07, 6.45) is -13.2. The lowest BCUT2D eigenvalue weighted by molar-refractivity contribution is -0.385. The summed E-state index contributed by atoms with van der Waals surface area (Å²) in [6, 6.07) is 0. The number of hydrogen-bond donors (Lipinski definition) is 1. The van der Waals surface area contributed by atoms with E-state index in [1.54, 1.807) is 0 Å². The highest BCUT2D eigenvalue weighted by molar-refractivity contribution is 5.77. The molecule has 0 unspecified atom stereocenters. The van der Waals surface area contributed by atoms with Crippen molar-refractivity contribution in [1.82, 2.24) is 6.15 Å². The lowest BCUT2D eigenvalue weighted by atomic mass is 10.1. The van der Waals surface area contributed by atoms with Crippen LogP contribution in [0.1, 0.15) is 0 Å². The van der Waals surface area contributed by atoms with Gasteiger partial charge >= 0.3 is 18.0 Å². The third-order valence-electron chi connectivity index (χ3n) is 1.06. The fourth-order valence-corrected chi connectivity index (χ4v) is 0.392. The van der Waals surface area contributed by atoms with Crippen molar-refractivity contribution in [1.29, 1.82) is 0 Å². The van der Waals surface area contributed by atoms with Crippen LogP contribution in [0.3, 0.4) is 0 Å². The number of carboxylic acid groups (broad SMARTS) is 1. The van der Waals surface area contributed by atoms with Crippen molar-refractivity contribution < 1.29 is 40.6 Å². The van der Waals surface area contributed by atoms with Gasteiger partial charge in [-0.3, -0.25) is 0 Å². The van der Waals surface area contributed by atoms with Gasteiger partial charge in [0.15, 0.2) is 0 Å². The summed E-state index contributed by atoms with van der Waals surface area (Å²) in [5.74, 6) is -3.88. The predicted molar refractivity (Wildman–Crippen MR) is 26.9 cm³/mol. The topological polar surface area (TPSA) is 76.6 Å². The third-order valence-corrected chi connectivity index (χ3v) is 1.06. The zero-order valence-electron chi connectivity index (χ0n) is 6.46. The highest BCUT2D eigenvalue weighted by Gasteiger charge is 2.73. The molecule has 0 fully saturated rings. The number of carbonyl (C=O) groups excluding carboxylic acids is 1. The maximum atomic E-state index is 12.0. The molecule has 86 valence electrons. The van der Waals surface area contributed by atoms with E-state index in [1.165, 1.54) is 0 Å². The summed E-state index contributed by atoms with van der Waals surface area (Å²) >= 11 is 0. The van der Waals surface area contributed by atoms with E-state index in [4.69, 9.17) is 0 Å². The van der Waals surface area contributed by atoms with E-state index in [9.17, 15) is 40.6 Å². The van der Waals surface area contributed by atoms with Crippen molar-refractivity contribution in [3.63, 3.8) is 0 Å². The van der Waals surface area contributed by atoms with Crippen molar-refractivity contribution in [2.45, 2.75) is 18.0 Å². The minimum absolute atomic E-state index is 0. The zero-order chi connectivity index (χ0) is 11.1. The van der Waals surface area contributed by atoms with Crippen LogP contribution in [0, 0.1) is 0 Å². The molecule has 14 heavy (non-hydrogen) atoms. The maximum absolute atomic E-state index is 12.0. The molecule has 0 aliphatic rings. The Labute approximate surface area is 72.1 Å². The minimum Gasteiger partial charge on any atom is -0.546 e. The number of quaternary nitrogens is 1. The Hall–Kier alpha value is -1.06. The summed E-state index contributed by atoms with van der Waals surface area (Å²) in [5, 5.41) is 9.39. The van der Waals surface area contributed by atoms with Crippen LogP contribution in [-0.4, -0.2) is 24.0 Å². The van der Waals surface area contributed by atoms with E-state index < -0.39 is 24.0 Å². The molecule has 0 aliphatic carbocycles. The van der Waals surface area contributed by atoms with E-state index in [-0.39, 0.29) is 6.15 Å². The average molecular weight is 231 g/mol. The van der Waals surface area contributed by atoms with Gasteiger partial charge in [0.2, 0.25) is 0 Å². The lowest BCUT2D eigenvalue weighted by Gasteiger charge is -2.30. The van der Waals surface area contributed by atoms with Gasteiger partial charge < -0.3 is 16.1 Å². The quantitative estimate of drug-likeness (QED) is 0.682. The molecule has 0 bridgehead atoms. The van der Waals surface area contributed by atoms with Crippen LogP contribution in [0.5, 0.6) is 0 Å². The first kappa shape index (κ1) is 15.4. The van der Waals surface area contributed by atoms with Crippen molar-refractivity contribution in [3.05, 3.63) is 0 Å². The van der Waals surface area contributed by atoms with Gasteiger partial charge in [0.1, 0.15) is 0 Å². The molecule has 0 aliphatic heterocycles. The van der Waals surface area contributed by atoms with Gasteiger partial charge in [0.05, 0.1) is 5.97 Å². The van der Waals surface area contributed by atoms with Crippen LogP contribution in [-0.2, 0) is 4.79 Å². The Morgan fingerprint density at radius 2 is 1.07 bits per heavy atom. The second-order valence-electron chi connectivity index (χ2n) is 1.94. The smallest absolute Gasteiger partial charge is 0.437 e. The number of carbonyl (C=O) groups is 1. The third kappa shape index (κ3) is 2.05. The monoisotopic (exact) mass is 231 g/mol. The van der Waals surface area contributed by atoms with Gasteiger partial charge in [0.25, 0.3) is 0 Å². The Bertz CT molecular complexity index is 205. The molecular formula is C4H4F7NO2. The second kappa shape index (κ2) is 3.59. The molecule has 0 spiro atoms. The number of aliphatic carboxylic acids is 1. The van der Waals surface area contributed by atoms with Gasteiger partial charge in [-0.05, 0) is 0 Å². The molecule has 4 N–H and O–H groups in total. The van der Waals surface area contributed by atoms with Crippen LogP contribution >= 0.6 is 0 Å². The average Bonchev–Trinajstić information content (AvgIpc) is 1.80. The lowest BCUT2D eigenvalue weighted by Crippen LogP contribution is -2.63. The van der Waals surface area contributed by atoms with Gasteiger partial charge in [-0.25, -0.2) is 4.39 Å². The molecule has 0 aromatic heterocycles. The number of halogens is 7. The van der Waals surface area contributed by atoms with Gasteiger partial charge in [-0.2, -0.15) is 26.3 Å². The first-order valence-corrected chi connectivity index (χ1v) is 2.48. The molecule has 0 atom stereocenters. The first-order chi connectivity index (χ1) is 5.44.